The molecule has 0 saturated carbocycles. The van der Waals surface area contributed by atoms with Crippen LogP contribution in [-0.4, -0.2) is 6.54 Å². The van der Waals surface area contributed by atoms with E-state index in [2.05, 4.69) is 5.32 Å². The highest BCUT2D eigenvalue weighted by Crippen LogP contribution is 2.35. The average molecular weight is 369 g/mol. The highest BCUT2D eigenvalue weighted by molar-refractivity contribution is 5.73. The lowest BCUT2D eigenvalue weighted by Gasteiger charge is -2.14. The number of hydrogen-bond acceptors (Lipinski definition) is 1. The van der Waals surface area contributed by atoms with Crippen molar-refractivity contribution >= 4 is 5.69 Å². The number of unbranched alkanes of at least 4 members (excludes halogenated alkanes) is 1. The minimum atomic E-state index is -4.37. The van der Waals surface area contributed by atoms with Gasteiger partial charge in [0.25, 0.3) is 0 Å². The number of benzene rings is 3. The maximum Gasteiger partial charge on any atom is 0.416 e. The maximum atomic E-state index is 13.3. The van der Waals surface area contributed by atoms with Crippen molar-refractivity contribution in [1.29, 1.82) is 0 Å². The van der Waals surface area contributed by atoms with Crippen LogP contribution in [0.5, 0.6) is 0 Å². The Balaban J connectivity index is 1.93. The minimum Gasteiger partial charge on any atom is -0.385 e. The standard InChI is InChI=1S/C23H22F3N/c1-2-3-13-27-22-15-20(14-21(16-22)23(24,25)26)19-11-9-18(10-12-19)17-7-5-4-6-8-17/h4-12,14-16,27H,2-3,13H2,1H3. The van der Waals surface area contributed by atoms with Crippen molar-refractivity contribution in [2.75, 3.05) is 11.9 Å². The smallest absolute Gasteiger partial charge is 0.385 e. The molecule has 0 spiro atoms. The molecule has 0 aliphatic carbocycles. The zero-order valence-electron chi connectivity index (χ0n) is 15.2. The van der Waals surface area contributed by atoms with Gasteiger partial charge in [0.1, 0.15) is 0 Å². The van der Waals surface area contributed by atoms with Crippen molar-refractivity contribution in [3.05, 3.63) is 78.4 Å². The molecule has 0 saturated heterocycles. The molecule has 0 aromatic heterocycles. The van der Waals surface area contributed by atoms with E-state index in [1.54, 1.807) is 6.07 Å². The minimum absolute atomic E-state index is 0.500. The fourth-order valence-electron chi connectivity index (χ4n) is 2.96. The van der Waals surface area contributed by atoms with Crippen LogP contribution in [0, 0.1) is 0 Å². The van der Waals surface area contributed by atoms with Gasteiger partial charge in [0.2, 0.25) is 0 Å². The second-order valence-corrected chi connectivity index (χ2v) is 6.52. The van der Waals surface area contributed by atoms with Gasteiger partial charge in [-0.15, -0.1) is 0 Å². The van der Waals surface area contributed by atoms with E-state index in [0.29, 0.717) is 17.8 Å². The number of nitrogens with one attached hydrogen (secondary N) is 1. The average Bonchev–Trinajstić information content (AvgIpc) is 2.68. The Bertz CT molecular complexity index is 868. The first kappa shape index (κ1) is 19.0. The van der Waals surface area contributed by atoms with Gasteiger partial charge in [-0.1, -0.05) is 67.9 Å². The molecule has 0 bridgehead atoms. The summed E-state index contributed by atoms with van der Waals surface area (Å²) in [7, 11) is 0. The van der Waals surface area contributed by atoms with Gasteiger partial charge >= 0.3 is 6.18 Å². The third-order valence-electron chi connectivity index (χ3n) is 4.45. The largest absolute Gasteiger partial charge is 0.416 e. The van der Waals surface area contributed by atoms with E-state index in [-0.39, 0.29) is 0 Å². The maximum absolute atomic E-state index is 13.3. The Hall–Kier alpha value is -2.75. The predicted octanol–water partition coefficient (Wildman–Crippen LogP) is 7.25. The third-order valence-corrected chi connectivity index (χ3v) is 4.45. The molecule has 0 unspecified atom stereocenters. The lowest BCUT2D eigenvalue weighted by Crippen LogP contribution is -2.08. The molecule has 0 amide bonds. The molecule has 1 N–H and O–H groups in total. The van der Waals surface area contributed by atoms with Crippen molar-refractivity contribution in [1.82, 2.24) is 0 Å². The molecule has 1 nitrogen and oxygen atoms in total. The van der Waals surface area contributed by atoms with Gasteiger partial charge in [0, 0.05) is 12.2 Å². The number of alkyl halides is 3. The van der Waals surface area contributed by atoms with Crippen LogP contribution in [0.3, 0.4) is 0 Å². The number of rotatable bonds is 6. The fourth-order valence-corrected chi connectivity index (χ4v) is 2.96. The molecule has 140 valence electrons. The Morgan fingerprint density at radius 3 is 1.93 bits per heavy atom. The molecule has 0 radical (unpaired) electrons. The van der Waals surface area contributed by atoms with Crippen molar-refractivity contribution in [2.45, 2.75) is 25.9 Å². The number of hydrogen-bond donors (Lipinski definition) is 1. The van der Waals surface area contributed by atoms with E-state index in [1.807, 2.05) is 61.5 Å². The van der Waals surface area contributed by atoms with Crippen LogP contribution in [0.1, 0.15) is 25.3 Å². The lowest BCUT2D eigenvalue weighted by molar-refractivity contribution is -0.137. The van der Waals surface area contributed by atoms with Gasteiger partial charge < -0.3 is 5.32 Å². The second kappa shape index (κ2) is 8.30. The van der Waals surface area contributed by atoms with Crippen molar-refractivity contribution in [3.63, 3.8) is 0 Å². The zero-order valence-corrected chi connectivity index (χ0v) is 15.2. The Morgan fingerprint density at radius 2 is 1.33 bits per heavy atom. The van der Waals surface area contributed by atoms with E-state index in [0.717, 1.165) is 29.5 Å². The molecule has 0 aliphatic rings. The fraction of sp³-hybridized carbons (Fsp3) is 0.217. The number of halogens is 3. The van der Waals surface area contributed by atoms with Gasteiger partial charge in [0.05, 0.1) is 5.56 Å². The molecule has 0 heterocycles. The van der Waals surface area contributed by atoms with E-state index in [1.165, 1.54) is 12.1 Å². The van der Waals surface area contributed by atoms with Crippen molar-refractivity contribution in [2.24, 2.45) is 0 Å². The Kier molecular flexibility index (Phi) is 5.84. The third kappa shape index (κ3) is 4.91. The van der Waals surface area contributed by atoms with E-state index >= 15 is 0 Å². The van der Waals surface area contributed by atoms with Gasteiger partial charge in [-0.25, -0.2) is 0 Å². The molecule has 0 aliphatic heterocycles. The summed E-state index contributed by atoms with van der Waals surface area (Å²) in [5.74, 6) is 0. The SMILES string of the molecule is CCCCNc1cc(-c2ccc(-c3ccccc3)cc2)cc(C(F)(F)F)c1. The lowest BCUT2D eigenvalue weighted by atomic mass is 9.98. The summed E-state index contributed by atoms with van der Waals surface area (Å²) in [6.07, 6.45) is -2.47. The molecular weight excluding hydrogens is 347 g/mol. The predicted molar refractivity (Wildman–Crippen MR) is 106 cm³/mol. The summed E-state index contributed by atoms with van der Waals surface area (Å²) in [5.41, 5.74) is 3.30. The molecule has 0 atom stereocenters. The van der Waals surface area contributed by atoms with Gasteiger partial charge in [-0.3, -0.25) is 0 Å². The van der Waals surface area contributed by atoms with Crippen molar-refractivity contribution in [3.8, 4) is 22.3 Å². The van der Waals surface area contributed by atoms with Crippen LogP contribution < -0.4 is 5.32 Å². The molecule has 3 aromatic rings. The van der Waals surface area contributed by atoms with Crippen LogP contribution >= 0.6 is 0 Å². The zero-order chi connectivity index (χ0) is 19.3. The van der Waals surface area contributed by atoms with Crippen LogP contribution in [0.25, 0.3) is 22.3 Å². The van der Waals surface area contributed by atoms with E-state index < -0.39 is 11.7 Å². The molecular formula is C23H22F3N. The molecule has 3 rings (SSSR count). The van der Waals surface area contributed by atoms with Gasteiger partial charge in [0.15, 0.2) is 0 Å². The Labute approximate surface area is 157 Å². The molecule has 27 heavy (non-hydrogen) atoms. The first-order chi connectivity index (χ1) is 13.0. The van der Waals surface area contributed by atoms with Crippen LogP contribution in [0.2, 0.25) is 0 Å². The van der Waals surface area contributed by atoms with Crippen molar-refractivity contribution < 1.29 is 13.2 Å². The quantitative estimate of drug-likeness (QED) is 0.451. The van der Waals surface area contributed by atoms with Crippen LogP contribution in [0.4, 0.5) is 18.9 Å². The first-order valence-electron chi connectivity index (χ1n) is 9.09. The summed E-state index contributed by atoms with van der Waals surface area (Å²) < 4.78 is 39.9. The molecule has 4 heteroatoms. The summed E-state index contributed by atoms with van der Waals surface area (Å²) in [5, 5.41) is 3.11. The Morgan fingerprint density at radius 1 is 0.741 bits per heavy atom. The first-order valence-corrected chi connectivity index (χ1v) is 9.09. The van der Waals surface area contributed by atoms with Crippen LogP contribution in [-0.2, 0) is 6.18 Å². The topological polar surface area (TPSA) is 12.0 Å². The monoisotopic (exact) mass is 369 g/mol. The summed E-state index contributed by atoms with van der Waals surface area (Å²) in [6.45, 7) is 2.71. The summed E-state index contributed by atoms with van der Waals surface area (Å²) in [6, 6.07) is 21.7. The molecule has 3 aromatic carbocycles. The summed E-state index contributed by atoms with van der Waals surface area (Å²) >= 11 is 0. The molecule has 0 fully saturated rings. The normalized spacial score (nSPS) is 11.4. The van der Waals surface area contributed by atoms with Gasteiger partial charge in [-0.2, -0.15) is 13.2 Å². The van der Waals surface area contributed by atoms with E-state index in [9.17, 15) is 13.2 Å². The number of anilines is 1. The second-order valence-electron chi connectivity index (χ2n) is 6.52. The highest BCUT2D eigenvalue weighted by atomic mass is 19.4. The van der Waals surface area contributed by atoms with E-state index in [4.69, 9.17) is 0 Å². The highest BCUT2D eigenvalue weighted by Gasteiger charge is 2.31. The summed E-state index contributed by atoms with van der Waals surface area (Å²) in [4.78, 5) is 0. The van der Waals surface area contributed by atoms with Gasteiger partial charge in [-0.05, 0) is 46.9 Å². The van der Waals surface area contributed by atoms with Crippen LogP contribution in [0.15, 0.2) is 72.8 Å².